The number of fused-ring (bicyclic) bond motifs is 1. The summed E-state index contributed by atoms with van der Waals surface area (Å²) in [5.74, 6) is 0.0145. The standard InChI is InChI=1S/C16H19N3O5/c20-9-8-19-15(22)13-10-17(6-7-18(13)16(19)23)14(21)11-24-12-4-2-1-3-5-12/h1-5,13,20H,6-11H2. The van der Waals surface area contributed by atoms with Crippen LogP contribution in [0.2, 0.25) is 0 Å². The molecule has 2 aliphatic heterocycles. The molecule has 0 aliphatic carbocycles. The Morgan fingerprint density at radius 1 is 1.21 bits per heavy atom. The Morgan fingerprint density at radius 2 is 1.96 bits per heavy atom. The van der Waals surface area contributed by atoms with E-state index < -0.39 is 12.1 Å². The highest BCUT2D eigenvalue weighted by molar-refractivity contribution is 6.04. The van der Waals surface area contributed by atoms with E-state index in [4.69, 9.17) is 9.84 Å². The van der Waals surface area contributed by atoms with Crippen molar-refractivity contribution in [1.29, 1.82) is 0 Å². The summed E-state index contributed by atoms with van der Waals surface area (Å²) in [7, 11) is 0. The fourth-order valence-electron chi connectivity index (χ4n) is 2.94. The van der Waals surface area contributed by atoms with E-state index in [0.717, 1.165) is 4.90 Å². The molecule has 0 bridgehead atoms. The molecule has 0 aromatic heterocycles. The first-order valence-electron chi connectivity index (χ1n) is 7.80. The number of aliphatic hydroxyl groups is 1. The molecular weight excluding hydrogens is 314 g/mol. The minimum atomic E-state index is -0.668. The maximum Gasteiger partial charge on any atom is 0.327 e. The number of imide groups is 1. The number of urea groups is 1. The molecule has 1 atom stereocenters. The normalized spacial score (nSPS) is 20.4. The number of hydrogen-bond donors (Lipinski definition) is 1. The number of hydrogen-bond acceptors (Lipinski definition) is 5. The van der Waals surface area contributed by atoms with Crippen LogP contribution in [-0.2, 0) is 9.59 Å². The number of carbonyl (C=O) groups is 3. The lowest BCUT2D eigenvalue weighted by Crippen LogP contribution is -2.55. The Balaban J connectivity index is 1.59. The molecule has 8 nitrogen and oxygen atoms in total. The van der Waals surface area contributed by atoms with Gasteiger partial charge in [-0.25, -0.2) is 4.79 Å². The summed E-state index contributed by atoms with van der Waals surface area (Å²) >= 11 is 0. The van der Waals surface area contributed by atoms with E-state index >= 15 is 0 Å². The molecule has 24 heavy (non-hydrogen) atoms. The monoisotopic (exact) mass is 333 g/mol. The molecule has 3 rings (SSSR count). The number of amides is 4. The number of para-hydroxylation sites is 1. The number of rotatable bonds is 5. The number of β-amino-alcohol motifs (C(OH)–C–C–N with tert-alkyl or cyclic N) is 1. The quantitative estimate of drug-likeness (QED) is 0.736. The van der Waals surface area contributed by atoms with Gasteiger partial charge in [0.05, 0.1) is 19.7 Å². The molecule has 1 N–H and O–H groups in total. The summed E-state index contributed by atoms with van der Waals surface area (Å²) in [4.78, 5) is 40.7. The van der Waals surface area contributed by atoms with Crippen molar-refractivity contribution in [3.05, 3.63) is 30.3 Å². The van der Waals surface area contributed by atoms with Crippen molar-refractivity contribution in [2.24, 2.45) is 0 Å². The van der Waals surface area contributed by atoms with Gasteiger partial charge in [0.15, 0.2) is 6.61 Å². The fourth-order valence-corrected chi connectivity index (χ4v) is 2.94. The molecule has 128 valence electrons. The van der Waals surface area contributed by atoms with Crippen molar-refractivity contribution in [1.82, 2.24) is 14.7 Å². The van der Waals surface area contributed by atoms with Gasteiger partial charge in [-0.15, -0.1) is 0 Å². The molecule has 2 saturated heterocycles. The molecule has 1 unspecified atom stereocenters. The largest absolute Gasteiger partial charge is 0.484 e. The lowest BCUT2D eigenvalue weighted by molar-refractivity contribution is -0.138. The van der Waals surface area contributed by atoms with E-state index in [1.54, 1.807) is 12.1 Å². The van der Waals surface area contributed by atoms with Gasteiger partial charge in [0.25, 0.3) is 11.8 Å². The van der Waals surface area contributed by atoms with Crippen LogP contribution in [-0.4, -0.2) is 83.1 Å². The molecule has 4 amide bonds. The summed E-state index contributed by atoms with van der Waals surface area (Å²) in [5, 5.41) is 8.97. The summed E-state index contributed by atoms with van der Waals surface area (Å²) in [5.41, 5.74) is 0. The number of aliphatic hydroxyl groups excluding tert-OH is 1. The lowest BCUT2D eigenvalue weighted by Gasteiger charge is -2.35. The topological polar surface area (TPSA) is 90.4 Å². The zero-order valence-corrected chi connectivity index (χ0v) is 13.1. The lowest BCUT2D eigenvalue weighted by atomic mass is 10.2. The summed E-state index contributed by atoms with van der Waals surface area (Å²) in [6.07, 6.45) is 0. The second kappa shape index (κ2) is 6.88. The molecule has 2 aliphatic rings. The highest BCUT2D eigenvalue weighted by Gasteiger charge is 2.47. The van der Waals surface area contributed by atoms with Crippen LogP contribution < -0.4 is 4.74 Å². The summed E-state index contributed by atoms with van der Waals surface area (Å²) in [6, 6.07) is 7.95. The van der Waals surface area contributed by atoms with Gasteiger partial charge in [-0.2, -0.15) is 0 Å². The first-order chi connectivity index (χ1) is 11.6. The van der Waals surface area contributed by atoms with E-state index in [1.165, 1.54) is 9.80 Å². The highest BCUT2D eigenvalue weighted by Crippen LogP contribution is 2.22. The average Bonchev–Trinajstić information content (AvgIpc) is 2.85. The van der Waals surface area contributed by atoms with Crippen LogP contribution in [0.1, 0.15) is 0 Å². The number of benzene rings is 1. The van der Waals surface area contributed by atoms with Crippen molar-refractivity contribution >= 4 is 17.8 Å². The van der Waals surface area contributed by atoms with Crippen molar-refractivity contribution < 1.29 is 24.2 Å². The smallest absolute Gasteiger partial charge is 0.327 e. The van der Waals surface area contributed by atoms with Gasteiger partial charge in [0.2, 0.25) is 0 Å². The molecule has 1 aromatic carbocycles. The van der Waals surface area contributed by atoms with Crippen LogP contribution in [0.5, 0.6) is 5.75 Å². The Labute approximate surface area is 139 Å². The van der Waals surface area contributed by atoms with Gasteiger partial charge in [0.1, 0.15) is 11.8 Å². The van der Waals surface area contributed by atoms with E-state index in [2.05, 4.69) is 0 Å². The fraction of sp³-hybridized carbons (Fsp3) is 0.438. The first-order valence-corrected chi connectivity index (χ1v) is 7.80. The predicted octanol–water partition coefficient (Wildman–Crippen LogP) is -0.467. The molecular formula is C16H19N3O5. The molecule has 1 aromatic rings. The Morgan fingerprint density at radius 3 is 2.67 bits per heavy atom. The maximum atomic E-state index is 12.3. The minimum Gasteiger partial charge on any atom is -0.484 e. The Hall–Kier alpha value is -2.61. The third kappa shape index (κ3) is 3.05. The van der Waals surface area contributed by atoms with E-state index in [0.29, 0.717) is 18.8 Å². The van der Waals surface area contributed by atoms with Crippen LogP contribution in [0.3, 0.4) is 0 Å². The predicted molar refractivity (Wildman–Crippen MR) is 83.2 cm³/mol. The highest BCUT2D eigenvalue weighted by atomic mass is 16.5. The number of piperazine rings is 1. The van der Waals surface area contributed by atoms with Crippen molar-refractivity contribution in [3.8, 4) is 5.75 Å². The molecule has 2 fully saturated rings. The summed E-state index contributed by atoms with van der Waals surface area (Å²) < 4.78 is 5.44. The summed E-state index contributed by atoms with van der Waals surface area (Å²) in [6.45, 7) is 0.414. The number of carbonyl (C=O) groups excluding carboxylic acids is 3. The molecule has 0 saturated carbocycles. The van der Waals surface area contributed by atoms with Crippen LogP contribution in [0.25, 0.3) is 0 Å². The van der Waals surface area contributed by atoms with E-state index in [1.807, 2.05) is 18.2 Å². The van der Waals surface area contributed by atoms with Gasteiger partial charge in [-0.1, -0.05) is 18.2 Å². The van der Waals surface area contributed by atoms with Crippen molar-refractivity contribution in [2.75, 3.05) is 39.4 Å². The van der Waals surface area contributed by atoms with Gasteiger partial charge < -0.3 is 19.6 Å². The van der Waals surface area contributed by atoms with Gasteiger partial charge in [-0.05, 0) is 12.1 Å². The van der Waals surface area contributed by atoms with Crippen LogP contribution in [0, 0.1) is 0 Å². The van der Waals surface area contributed by atoms with Crippen molar-refractivity contribution in [3.63, 3.8) is 0 Å². The second-order valence-corrected chi connectivity index (χ2v) is 5.65. The zero-order chi connectivity index (χ0) is 17.1. The molecule has 2 heterocycles. The van der Waals surface area contributed by atoms with Gasteiger partial charge in [0, 0.05) is 13.1 Å². The minimum absolute atomic E-state index is 0.0181. The third-order valence-corrected chi connectivity index (χ3v) is 4.19. The number of nitrogens with zero attached hydrogens (tertiary/aromatic N) is 3. The van der Waals surface area contributed by atoms with Crippen LogP contribution in [0.15, 0.2) is 30.3 Å². The Kier molecular flexibility index (Phi) is 4.66. The molecule has 0 radical (unpaired) electrons. The van der Waals surface area contributed by atoms with E-state index in [-0.39, 0.29) is 38.1 Å². The van der Waals surface area contributed by atoms with Crippen LogP contribution in [0.4, 0.5) is 4.79 Å². The molecule has 8 heteroatoms. The number of ether oxygens (including phenoxy) is 1. The van der Waals surface area contributed by atoms with Gasteiger partial charge >= 0.3 is 6.03 Å². The molecule has 0 spiro atoms. The zero-order valence-electron chi connectivity index (χ0n) is 13.1. The van der Waals surface area contributed by atoms with Crippen LogP contribution >= 0.6 is 0 Å². The van der Waals surface area contributed by atoms with E-state index in [9.17, 15) is 14.4 Å². The van der Waals surface area contributed by atoms with Gasteiger partial charge in [-0.3, -0.25) is 14.5 Å². The van der Waals surface area contributed by atoms with Crippen molar-refractivity contribution in [2.45, 2.75) is 6.04 Å². The third-order valence-electron chi connectivity index (χ3n) is 4.19. The average molecular weight is 333 g/mol. The SMILES string of the molecule is O=C(COc1ccccc1)N1CCN2C(=O)N(CCO)C(=O)C2C1. The first kappa shape index (κ1) is 16.3. The maximum absolute atomic E-state index is 12.3. The Bertz CT molecular complexity index is 636. The second-order valence-electron chi connectivity index (χ2n) is 5.65.